The van der Waals surface area contributed by atoms with Gasteiger partial charge in [-0.3, -0.25) is 0 Å². The van der Waals surface area contributed by atoms with E-state index in [1.165, 1.54) is 24.5 Å². The molecule has 10 heteroatoms. The van der Waals surface area contributed by atoms with Crippen LogP contribution in [-0.4, -0.2) is 39.3 Å². The van der Waals surface area contributed by atoms with Crippen molar-refractivity contribution < 1.29 is 16.8 Å². The number of pyridine rings is 2. The molecule has 0 fully saturated rings. The lowest BCUT2D eigenvalue weighted by Gasteiger charge is -1.98. The van der Waals surface area contributed by atoms with Gasteiger partial charge in [0.25, 0.3) is 0 Å². The van der Waals surface area contributed by atoms with Gasteiger partial charge in [0.2, 0.25) is 0 Å². The number of hydrogen-bond donors (Lipinski definition) is 2. The fourth-order valence-electron chi connectivity index (χ4n) is 1.50. The Morgan fingerprint density at radius 3 is 1.25 bits per heavy atom. The fourth-order valence-corrected chi connectivity index (χ4v) is 2.62. The molecule has 0 aliphatic carbocycles. The van der Waals surface area contributed by atoms with Crippen LogP contribution in [-0.2, 0) is 32.8 Å². The summed E-state index contributed by atoms with van der Waals surface area (Å²) in [5.41, 5.74) is 12.3. The Kier molecular flexibility index (Phi) is 6.96. The van der Waals surface area contributed by atoms with E-state index in [2.05, 4.69) is 9.97 Å². The Labute approximate surface area is 141 Å². The Morgan fingerprint density at radius 1 is 0.750 bits per heavy atom. The van der Waals surface area contributed by atoms with Crippen molar-refractivity contribution in [2.24, 2.45) is 11.5 Å². The molecule has 0 aliphatic rings. The zero-order chi connectivity index (χ0) is 18.4. The third-order valence-electron chi connectivity index (χ3n) is 2.83. The molecule has 2 rings (SSSR count). The monoisotopic (exact) mass is 372 g/mol. The van der Waals surface area contributed by atoms with Crippen LogP contribution in [0.3, 0.4) is 0 Å². The van der Waals surface area contributed by atoms with Crippen molar-refractivity contribution in [3.05, 3.63) is 47.8 Å². The van der Waals surface area contributed by atoms with Crippen molar-refractivity contribution in [3.8, 4) is 0 Å². The van der Waals surface area contributed by atoms with E-state index in [4.69, 9.17) is 11.5 Å². The Hall–Kier alpha value is -1.88. The summed E-state index contributed by atoms with van der Waals surface area (Å²) in [4.78, 5) is 7.51. The molecule has 8 nitrogen and oxygen atoms in total. The molecule has 4 N–H and O–H groups in total. The molecule has 0 aliphatic heterocycles. The first kappa shape index (κ1) is 20.2. The molecule has 24 heavy (non-hydrogen) atoms. The van der Waals surface area contributed by atoms with Crippen molar-refractivity contribution in [1.82, 2.24) is 9.97 Å². The van der Waals surface area contributed by atoms with Crippen LogP contribution in [0.5, 0.6) is 0 Å². The van der Waals surface area contributed by atoms with E-state index in [0.29, 0.717) is 13.1 Å². The van der Waals surface area contributed by atoms with Gasteiger partial charge in [-0.2, -0.15) is 0 Å². The number of nitrogens with zero attached hydrogens (tertiary/aromatic N) is 2. The van der Waals surface area contributed by atoms with Crippen molar-refractivity contribution in [2.45, 2.75) is 23.1 Å². The first-order valence-electron chi connectivity index (χ1n) is 6.78. The number of rotatable bonds is 4. The third kappa shape index (κ3) is 6.32. The molecule has 0 bridgehead atoms. The summed E-state index contributed by atoms with van der Waals surface area (Å²) in [5, 5.41) is 0.166. The molecular weight excluding hydrogens is 352 g/mol. The van der Waals surface area contributed by atoms with E-state index in [1.807, 2.05) is 0 Å². The van der Waals surface area contributed by atoms with Crippen LogP contribution < -0.4 is 11.5 Å². The summed E-state index contributed by atoms with van der Waals surface area (Å²) in [7, 11) is -6.36. The molecule has 0 aromatic carbocycles. The minimum absolute atomic E-state index is 0.0831. The highest BCUT2D eigenvalue weighted by Gasteiger charge is 2.07. The SMILES string of the molecule is CS(=O)(=O)c1ccc(CN)cn1.CS(=O)(=O)c1ccc(CN)cn1. The van der Waals surface area contributed by atoms with Crippen molar-refractivity contribution in [3.63, 3.8) is 0 Å². The molecule has 132 valence electrons. The topological polar surface area (TPSA) is 146 Å². The summed E-state index contributed by atoms with van der Waals surface area (Å²) >= 11 is 0. The number of nitrogens with two attached hydrogens (primary N) is 2. The lowest BCUT2D eigenvalue weighted by molar-refractivity contribution is 0.596. The molecule has 0 saturated carbocycles. The average molecular weight is 372 g/mol. The van der Waals surface area contributed by atoms with Gasteiger partial charge in [-0.25, -0.2) is 26.8 Å². The summed E-state index contributed by atoms with van der Waals surface area (Å²) in [6.07, 6.45) is 5.18. The van der Waals surface area contributed by atoms with Crippen molar-refractivity contribution in [1.29, 1.82) is 0 Å². The summed E-state index contributed by atoms with van der Waals surface area (Å²) in [5.74, 6) is 0. The summed E-state index contributed by atoms with van der Waals surface area (Å²) in [6, 6.07) is 6.22. The normalized spacial score (nSPS) is 11.5. The number of hydrogen-bond acceptors (Lipinski definition) is 8. The van der Waals surface area contributed by atoms with Crippen molar-refractivity contribution >= 4 is 19.7 Å². The lowest BCUT2D eigenvalue weighted by atomic mass is 10.3. The van der Waals surface area contributed by atoms with Crippen molar-refractivity contribution in [2.75, 3.05) is 12.5 Å². The maximum atomic E-state index is 10.9. The van der Waals surface area contributed by atoms with Gasteiger partial charge >= 0.3 is 0 Å². The number of aromatic nitrogens is 2. The second-order valence-electron chi connectivity index (χ2n) is 4.96. The molecule has 0 atom stereocenters. The minimum atomic E-state index is -3.18. The van der Waals surface area contributed by atoms with Crippen LogP contribution in [0.15, 0.2) is 46.7 Å². The van der Waals surface area contributed by atoms with E-state index >= 15 is 0 Å². The highest BCUT2D eigenvalue weighted by atomic mass is 32.2. The van der Waals surface area contributed by atoms with E-state index < -0.39 is 19.7 Å². The van der Waals surface area contributed by atoms with Crippen LogP contribution in [0.1, 0.15) is 11.1 Å². The first-order valence-corrected chi connectivity index (χ1v) is 10.6. The standard InChI is InChI=1S/2C7H10N2O2S/c2*1-12(10,11)7-3-2-6(4-8)5-9-7/h2*2-3,5H,4,8H2,1H3. The average Bonchev–Trinajstić information content (AvgIpc) is 2.54. The van der Waals surface area contributed by atoms with E-state index in [0.717, 1.165) is 23.6 Å². The smallest absolute Gasteiger partial charge is 0.192 e. The number of sulfone groups is 2. The Balaban J connectivity index is 0.000000240. The molecular formula is C14H20N4O4S2. The van der Waals surface area contributed by atoms with Gasteiger partial charge in [-0.15, -0.1) is 0 Å². The summed E-state index contributed by atoms with van der Waals surface area (Å²) < 4.78 is 43.8. The third-order valence-corrected chi connectivity index (χ3v) is 4.83. The predicted molar refractivity (Wildman–Crippen MR) is 90.5 cm³/mol. The van der Waals surface area contributed by atoms with E-state index in [1.54, 1.807) is 12.1 Å². The summed E-state index contributed by atoms with van der Waals surface area (Å²) in [6.45, 7) is 0.744. The van der Waals surface area contributed by atoms with E-state index in [9.17, 15) is 16.8 Å². The van der Waals surface area contributed by atoms with Gasteiger partial charge in [0, 0.05) is 38.0 Å². The zero-order valence-electron chi connectivity index (χ0n) is 13.4. The van der Waals surface area contributed by atoms with Crippen LogP contribution in [0, 0.1) is 0 Å². The van der Waals surface area contributed by atoms with Gasteiger partial charge in [-0.05, 0) is 23.3 Å². The zero-order valence-corrected chi connectivity index (χ0v) is 15.0. The molecule has 2 aromatic heterocycles. The van der Waals surface area contributed by atoms with Crippen LogP contribution in [0.4, 0.5) is 0 Å². The Morgan fingerprint density at radius 2 is 1.08 bits per heavy atom. The molecule has 2 aromatic rings. The second kappa shape index (κ2) is 8.29. The maximum absolute atomic E-state index is 10.9. The van der Waals surface area contributed by atoms with Gasteiger partial charge in [0.1, 0.15) is 0 Å². The highest BCUT2D eigenvalue weighted by molar-refractivity contribution is 7.90. The van der Waals surface area contributed by atoms with Crippen LogP contribution >= 0.6 is 0 Å². The van der Waals surface area contributed by atoms with Gasteiger partial charge in [0.05, 0.1) is 0 Å². The molecule has 2 heterocycles. The lowest BCUT2D eigenvalue weighted by Crippen LogP contribution is -2.02. The van der Waals surface area contributed by atoms with E-state index in [-0.39, 0.29) is 10.1 Å². The van der Waals surface area contributed by atoms with Gasteiger partial charge in [0.15, 0.2) is 29.7 Å². The largest absolute Gasteiger partial charge is 0.326 e. The van der Waals surface area contributed by atoms with Crippen LogP contribution in [0.25, 0.3) is 0 Å². The maximum Gasteiger partial charge on any atom is 0.192 e. The second-order valence-corrected chi connectivity index (χ2v) is 8.89. The first-order chi connectivity index (χ1) is 11.1. The predicted octanol–water partition coefficient (Wildman–Crippen LogP) is -0.112. The Bertz CT molecular complexity index is 786. The van der Waals surface area contributed by atoms with Gasteiger partial charge in [-0.1, -0.05) is 12.1 Å². The quantitative estimate of drug-likeness (QED) is 0.755. The van der Waals surface area contributed by atoms with Crippen LogP contribution in [0.2, 0.25) is 0 Å². The molecule has 0 amide bonds. The van der Waals surface area contributed by atoms with Gasteiger partial charge < -0.3 is 11.5 Å². The minimum Gasteiger partial charge on any atom is -0.326 e. The molecule has 0 radical (unpaired) electrons. The molecule has 0 spiro atoms. The fraction of sp³-hybridized carbons (Fsp3) is 0.286. The molecule has 0 unspecified atom stereocenters. The highest BCUT2D eigenvalue weighted by Crippen LogP contribution is 2.06. The molecule has 0 saturated heterocycles.